The molecule has 0 aliphatic carbocycles. The molecule has 0 aliphatic rings. The van der Waals surface area contributed by atoms with Crippen LogP contribution < -0.4 is 27.8 Å². The van der Waals surface area contributed by atoms with Crippen LogP contribution in [-0.2, 0) is 37.0 Å². The van der Waals surface area contributed by atoms with Crippen LogP contribution in [0.5, 0.6) is 0 Å². The van der Waals surface area contributed by atoms with Crippen LogP contribution in [0.1, 0.15) is 36.8 Å². The molecule has 0 fully saturated rings. The first-order valence-electron chi connectivity index (χ1n) is 12.4. The van der Waals surface area contributed by atoms with Gasteiger partial charge >= 0.3 is 23.3 Å². The van der Waals surface area contributed by atoms with Gasteiger partial charge in [-0.1, -0.05) is 0 Å². The van der Waals surface area contributed by atoms with Crippen molar-refractivity contribution in [1.29, 1.82) is 0 Å². The number of aliphatic hydroxyl groups is 1. The summed E-state index contributed by atoms with van der Waals surface area (Å²) in [6, 6.07) is -1.10. The third-order valence-corrected chi connectivity index (χ3v) is 6.25. The largest absolute Gasteiger partial charge is 0.479 e. The van der Waals surface area contributed by atoms with Crippen LogP contribution in [0.15, 0.2) is 31.6 Å². The number of H-pyrrole nitrogens is 2. The van der Waals surface area contributed by atoms with E-state index in [1.54, 1.807) is 0 Å². The molecule has 224 valence electrons. The SMILES string of the molecule is Cc1cn(CC(Cn2cc(C)c(=O)[nH]c2=O)OC(=O)CCC(=O)C(CS)NC(=O)CCC(O)C(=O)O)c(=O)[nH]c1=O. The lowest BCUT2D eigenvalue weighted by molar-refractivity contribution is -0.151. The minimum atomic E-state index is -1.74. The normalized spacial score (nSPS) is 12.5. The number of thiol groups is 1. The molecule has 0 aliphatic heterocycles. The fraction of sp³-hybridized carbons (Fsp3) is 0.500. The maximum Gasteiger partial charge on any atom is 0.332 e. The number of aliphatic carboxylic acids is 1. The Morgan fingerprint density at radius 3 is 1.90 bits per heavy atom. The van der Waals surface area contributed by atoms with Gasteiger partial charge in [-0.05, 0) is 20.3 Å². The molecule has 2 aromatic heterocycles. The zero-order valence-corrected chi connectivity index (χ0v) is 23.1. The van der Waals surface area contributed by atoms with Crippen LogP contribution >= 0.6 is 12.6 Å². The molecule has 0 saturated carbocycles. The highest BCUT2D eigenvalue weighted by Crippen LogP contribution is 2.07. The quantitative estimate of drug-likeness (QED) is 0.0934. The Morgan fingerprint density at radius 1 is 0.927 bits per heavy atom. The van der Waals surface area contributed by atoms with Crippen molar-refractivity contribution in [1.82, 2.24) is 24.4 Å². The summed E-state index contributed by atoms with van der Waals surface area (Å²) in [6.45, 7) is 2.36. The van der Waals surface area contributed by atoms with Crippen molar-refractivity contribution >= 4 is 36.3 Å². The van der Waals surface area contributed by atoms with Crippen LogP contribution in [0.25, 0.3) is 0 Å². The molecule has 1 amide bonds. The van der Waals surface area contributed by atoms with E-state index >= 15 is 0 Å². The number of esters is 1. The van der Waals surface area contributed by atoms with E-state index in [0.717, 1.165) is 9.13 Å². The van der Waals surface area contributed by atoms with Crippen molar-refractivity contribution < 1.29 is 34.1 Å². The van der Waals surface area contributed by atoms with E-state index in [-0.39, 0.29) is 49.2 Å². The number of rotatable bonds is 15. The summed E-state index contributed by atoms with van der Waals surface area (Å²) in [5.41, 5.74) is -2.37. The third-order valence-electron chi connectivity index (χ3n) is 5.89. The molecule has 0 saturated heterocycles. The number of hydrogen-bond acceptors (Lipinski definition) is 11. The smallest absolute Gasteiger partial charge is 0.332 e. The summed E-state index contributed by atoms with van der Waals surface area (Å²) in [5.74, 6) is -3.74. The highest BCUT2D eigenvalue weighted by atomic mass is 32.1. The Labute approximate surface area is 236 Å². The number of hydrogen-bond donors (Lipinski definition) is 6. The number of amides is 1. The zero-order valence-electron chi connectivity index (χ0n) is 22.2. The fourth-order valence-corrected chi connectivity index (χ4v) is 3.90. The van der Waals surface area contributed by atoms with Crippen LogP contribution in [0, 0.1) is 13.8 Å². The van der Waals surface area contributed by atoms with Crippen LogP contribution in [0.4, 0.5) is 0 Å². The highest BCUT2D eigenvalue weighted by Gasteiger charge is 2.24. The number of aromatic amines is 2. The first-order chi connectivity index (χ1) is 19.2. The van der Waals surface area contributed by atoms with Gasteiger partial charge in [0.2, 0.25) is 5.91 Å². The van der Waals surface area contributed by atoms with Gasteiger partial charge in [0.25, 0.3) is 11.1 Å². The molecule has 17 heteroatoms. The van der Waals surface area contributed by atoms with E-state index in [4.69, 9.17) is 9.84 Å². The Balaban J connectivity index is 2.11. The van der Waals surface area contributed by atoms with Crippen LogP contribution in [0.2, 0.25) is 0 Å². The average molecular weight is 598 g/mol. The van der Waals surface area contributed by atoms with Gasteiger partial charge in [-0.2, -0.15) is 12.6 Å². The second-order valence-electron chi connectivity index (χ2n) is 9.22. The molecule has 0 spiro atoms. The molecule has 2 unspecified atom stereocenters. The maximum atomic E-state index is 12.7. The molecule has 16 nitrogen and oxygen atoms in total. The number of carbonyl (C=O) groups excluding carboxylic acids is 3. The van der Waals surface area contributed by atoms with Gasteiger partial charge in [0, 0.05) is 42.1 Å². The van der Waals surface area contributed by atoms with Crippen molar-refractivity contribution in [3.05, 3.63) is 65.2 Å². The summed E-state index contributed by atoms with van der Waals surface area (Å²) in [7, 11) is 0. The fourth-order valence-electron chi connectivity index (χ4n) is 3.61. The molecule has 2 heterocycles. The molecule has 5 N–H and O–H groups in total. The zero-order chi connectivity index (χ0) is 30.9. The molecule has 0 bridgehead atoms. The number of carbonyl (C=O) groups is 4. The predicted octanol–water partition coefficient (Wildman–Crippen LogP) is -2.39. The van der Waals surface area contributed by atoms with E-state index in [0.29, 0.717) is 0 Å². The summed E-state index contributed by atoms with van der Waals surface area (Å²) in [4.78, 5) is 100. The first-order valence-corrected chi connectivity index (χ1v) is 13.0. The second kappa shape index (κ2) is 14.9. The second-order valence-corrected chi connectivity index (χ2v) is 9.59. The number of aromatic nitrogens is 4. The molecule has 2 rings (SSSR count). The van der Waals surface area contributed by atoms with Crippen LogP contribution in [-0.4, -0.2) is 76.9 Å². The van der Waals surface area contributed by atoms with Gasteiger partial charge in [0.05, 0.1) is 25.6 Å². The lowest BCUT2D eigenvalue weighted by atomic mass is 10.1. The third kappa shape index (κ3) is 10.0. The summed E-state index contributed by atoms with van der Waals surface area (Å²) < 4.78 is 7.62. The number of ketones is 1. The van der Waals surface area contributed by atoms with Gasteiger partial charge in [0.15, 0.2) is 11.9 Å². The number of aliphatic hydroxyl groups excluding tert-OH is 1. The van der Waals surface area contributed by atoms with Crippen molar-refractivity contribution in [2.45, 2.75) is 70.9 Å². The predicted molar refractivity (Wildman–Crippen MR) is 145 cm³/mol. The van der Waals surface area contributed by atoms with Gasteiger partial charge in [-0.15, -0.1) is 0 Å². The van der Waals surface area contributed by atoms with Gasteiger partial charge < -0.3 is 20.3 Å². The maximum absolute atomic E-state index is 12.7. The minimum Gasteiger partial charge on any atom is -0.479 e. The van der Waals surface area contributed by atoms with E-state index < -0.39 is 70.8 Å². The van der Waals surface area contributed by atoms with E-state index in [1.807, 2.05) is 0 Å². The van der Waals surface area contributed by atoms with Crippen molar-refractivity contribution in [2.75, 3.05) is 5.75 Å². The Hall–Kier alpha value is -4.25. The lowest BCUT2D eigenvalue weighted by Gasteiger charge is -2.21. The van der Waals surface area contributed by atoms with Crippen molar-refractivity contribution in [3.8, 4) is 0 Å². The Kier molecular flexibility index (Phi) is 12.0. The minimum absolute atomic E-state index is 0.118. The number of aryl methyl sites for hydroxylation is 2. The van der Waals surface area contributed by atoms with E-state index in [9.17, 15) is 43.5 Å². The van der Waals surface area contributed by atoms with Gasteiger partial charge in [-0.3, -0.25) is 43.1 Å². The number of carboxylic acid groups (broad SMARTS) is 1. The molecule has 41 heavy (non-hydrogen) atoms. The highest BCUT2D eigenvalue weighted by molar-refractivity contribution is 7.80. The number of nitrogens with one attached hydrogen (secondary N) is 3. The molecule has 2 aromatic rings. The summed E-state index contributed by atoms with van der Waals surface area (Å²) >= 11 is 4.02. The van der Waals surface area contributed by atoms with E-state index in [1.165, 1.54) is 26.2 Å². The molecule has 0 aromatic carbocycles. The first kappa shape index (κ1) is 33.0. The van der Waals surface area contributed by atoms with Crippen molar-refractivity contribution in [3.63, 3.8) is 0 Å². The number of nitrogens with zero attached hydrogens (tertiary/aromatic N) is 2. The number of carboxylic acids is 1. The summed E-state index contributed by atoms with van der Waals surface area (Å²) in [5, 5.41) is 20.3. The van der Waals surface area contributed by atoms with E-state index in [2.05, 4.69) is 27.9 Å². The van der Waals surface area contributed by atoms with Gasteiger partial charge in [0.1, 0.15) is 6.10 Å². The van der Waals surface area contributed by atoms with Crippen LogP contribution in [0.3, 0.4) is 0 Å². The molecule has 0 radical (unpaired) electrons. The number of ether oxygens (including phenoxy) is 1. The topological polar surface area (TPSA) is 240 Å². The molecular formula is C24H31N5O11S. The average Bonchev–Trinajstić information content (AvgIpc) is 2.90. The molecule has 2 atom stereocenters. The molecular weight excluding hydrogens is 566 g/mol. The standard InChI is InChI=1S/C24H31N5O11S/c1-12-7-28(23(38)26-20(12)34)9-14(10-29-8-13(2)21(35)27-24(29)39)40-19(33)6-4-16(30)15(11-41)25-18(32)5-3-17(31)22(36)37/h7-8,14-15,17,31,41H,3-6,9-11H2,1-2H3,(H,25,32)(H,36,37)(H,26,34,38)(H,27,35,39). The van der Waals surface area contributed by atoms with Crippen molar-refractivity contribution in [2.24, 2.45) is 0 Å². The monoisotopic (exact) mass is 597 g/mol. The van der Waals surface area contributed by atoms with Gasteiger partial charge in [-0.25, -0.2) is 14.4 Å². The number of Topliss-reactive ketones (excluding diaryl/α,β-unsaturated/α-hetero) is 1. The summed E-state index contributed by atoms with van der Waals surface area (Å²) in [6.07, 6.45) is -1.91. The lowest BCUT2D eigenvalue weighted by Crippen LogP contribution is -2.43. The Morgan fingerprint density at radius 2 is 1.44 bits per heavy atom. The Bertz CT molecular complexity index is 1450.